The quantitative estimate of drug-likeness (QED) is 0.714. The molecule has 2 aromatic rings. The lowest BCUT2D eigenvalue weighted by Crippen LogP contribution is -2.00. The maximum Gasteiger partial charge on any atom is 0.339 e. The lowest BCUT2D eigenvalue weighted by atomic mass is 10.0. The molecule has 1 heterocycles. The molecule has 0 amide bonds. The van der Waals surface area contributed by atoms with Crippen molar-refractivity contribution in [3.63, 3.8) is 0 Å². The maximum atomic E-state index is 11.1. The fraction of sp³-hybridized carbons (Fsp3) is 0.0909. The first-order chi connectivity index (χ1) is 8.00. The summed E-state index contributed by atoms with van der Waals surface area (Å²) in [5, 5.41) is 16.2. The van der Waals surface area contributed by atoms with Crippen LogP contribution >= 0.6 is 11.6 Å². The number of anilines is 1. The number of aromatic amines is 1. The van der Waals surface area contributed by atoms with Crippen molar-refractivity contribution in [3.8, 4) is 11.3 Å². The van der Waals surface area contributed by atoms with Gasteiger partial charge >= 0.3 is 5.97 Å². The topological polar surface area (TPSA) is 92.0 Å². The van der Waals surface area contributed by atoms with Crippen molar-refractivity contribution in [1.29, 1.82) is 0 Å². The minimum Gasteiger partial charge on any atom is -0.478 e. The summed E-state index contributed by atoms with van der Waals surface area (Å²) < 4.78 is 0. The van der Waals surface area contributed by atoms with Gasteiger partial charge < -0.3 is 10.8 Å². The highest BCUT2D eigenvalue weighted by molar-refractivity contribution is 6.31. The molecule has 6 heteroatoms. The third-order valence-corrected chi connectivity index (χ3v) is 2.66. The summed E-state index contributed by atoms with van der Waals surface area (Å²) in [7, 11) is 0. The molecule has 0 aliphatic carbocycles. The van der Waals surface area contributed by atoms with Crippen LogP contribution in [0.2, 0.25) is 5.02 Å². The molecule has 0 saturated heterocycles. The first-order valence-corrected chi connectivity index (χ1v) is 5.22. The summed E-state index contributed by atoms with van der Waals surface area (Å²) in [6, 6.07) is 4.86. The van der Waals surface area contributed by atoms with Gasteiger partial charge in [-0.2, -0.15) is 5.10 Å². The molecule has 1 aromatic heterocycles. The zero-order valence-corrected chi connectivity index (χ0v) is 9.75. The highest BCUT2D eigenvalue weighted by Gasteiger charge is 2.19. The minimum atomic E-state index is -1.04. The van der Waals surface area contributed by atoms with Crippen molar-refractivity contribution < 1.29 is 9.90 Å². The Morgan fingerprint density at radius 3 is 2.82 bits per heavy atom. The van der Waals surface area contributed by atoms with Gasteiger partial charge in [0.25, 0.3) is 0 Å². The summed E-state index contributed by atoms with van der Waals surface area (Å²) in [6.45, 7) is 1.64. The van der Waals surface area contributed by atoms with Gasteiger partial charge in [-0.1, -0.05) is 11.6 Å². The summed E-state index contributed by atoms with van der Waals surface area (Å²) in [6.07, 6.45) is 0. The number of halogens is 1. The van der Waals surface area contributed by atoms with Gasteiger partial charge in [-0.05, 0) is 25.1 Å². The van der Waals surface area contributed by atoms with Gasteiger partial charge in [-0.25, -0.2) is 4.79 Å². The Labute approximate surface area is 102 Å². The number of rotatable bonds is 2. The third kappa shape index (κ3) is 1.97. The van der Waals surface area contributed by atoms with E-state index in [0.717, 1.165) is 0 Å². The molecule has 0 spiro atoms. The predicted octanol–water partition coefficient (Wildman–Crippen LogP) is 2.32. The number of aryl methyl sites for hydroxylation is 1. The molecule has 0 atom stereocenters. The Balaban J connectivity index is 2.65. The van der Waals surface area contributed by atoms with E-state index in [-0.39, 0.29) is 5.56 Å². The van der Waals surface area contributed by atoms with Crippen LogP contribution in [0.4, 0.5) is 5.69 Å². The van der Waals surface area contributed by atoms with Crippen LogP contribution in [0.1, 0.15) is 16.1 Å². The van der Waals surface area contributed by atoms with Gasteiger partial charge in [0.1, 0.15) is 11.3 Å². The van der Waals surface area contributed by atoms with Gasteiger partial charge in [0.15, 0.2) is 0 Å². The molecule has 1 aromatic carbocycles. The number of nitrogens with two attached hydrogens (primary N) is 1. The number of hydrogen-bond donors (Lipinski definition) is 3. The highest BCUT2D eigenvalue weighted by atomic mass is 35.5. The Kier molecular flexibility index (Phi) is 2.77. The van der Waals surface area contributed by atoms with E-state index in [0.29, 0.717) is 27.7 Å². The van der Waals surface area contributed by atoms with E-state index in [4.69, 9.17) is 22.4 Å². The second-order valence-corrected chi connectivity index (χ2v) is 4.05. The van der Waals surface area contributed by atoms with E-state index >= 15 is 0 Å². The van der Waals surface area contributed by atoms with Crippen LogP contribution < -0.4 is 5.73 Å². The molecule has 5 nitrogen and oxygen atoms in total. The summed E-state index contributed by atoms with van der Waals surface area (Å²) in [4.78, 5) is 11.1. The van der Waals surface area contributed by atoms with Crippen molar-refractivity contribution in [2.45, 2.75) is 6.92 Å². The average molecular weight is 252 g/mol. The molecule has 0 aliphatic rings. The van der Waals surface area contributed by atoms with Crippen LogP contribution in [-0.2, 0) is 0 Å². The SMILES string of the molecule is Cc1[nH]nc(-c2ccc(Cl)cc2N)c1C(=O)O. The summed E-state index contributed by atoms with van der Waals surface area (Å²) >= 11 is 5.79. The minimum absolute atomic E-state index is 0.124. The summed E-state index contributed by atoms with van der Waals surface area (Å²) in [5.74, 6) is -1.04. The molecule has 0 fully saturated rings. The van der Waals surface area contributed by atoms with Crippen molar-refractivity contribution in [1.82, 2.24) is 10.2 Å². The molecular formula is C11H10ClN3O2. The number of benzene rings is 1. The normalized spacial score (nSPS) is 10.5. The fourth-order valence-corrected chi connectivity index (χ4v) is 1.82. The maximum absolute atomic E-state index is 11.1. The second kappa shape index (κ2) is 4.10. The lowest BCUT2D eigenvalue weighted by molar-refractivity contribution is 0.0697. The standard InChI is InChI=1S/C11H10ClN3O2/c1-5-9(11(16)17)10(15-14-5)7-3-2-6(12)4-8(7)13/h2-4H,13H2,1H3,(H,14,15)(H,16,17). The Morgan fingerprint density at radius 2 is 2.24 bits per heavy atom. The number of aromatic carboxylic acids is 1. The van der Waals surface area contributed by atoms with E-state index in [1.807, 2.05) is 0 Å². The molecule has 4 N–H and O–H groups in total. The van der Waals surface area contributed by atoms with Crippen LogP contribution in [-0.4, -0.2) is 21.3 Å². The van der Waals surface area contributed by atoms with Gasteiger partial charge in [0.2, 0.25) is 0 Å². The highest BCUT2D eigenvalue weighted by Crippen LogP contribution is 2.30. The van der Waals surface area contributed by atoms with Gasteiger partial charge in [-0.15, -0.1) is 0 Å². The van der Waals surface area contributed by atoms with Crippen molar-refractivity contribution >= 4 is 23.3 Å². The Bertz CT molecular complexity index is 592. The largest absolute Gasteiger partial charge is 0.478 e. The Hall–Kier alpha value is -2.01. The lowest BCUT2D eigenvalue weighted by Gasteiger charge is -2.04. The van der Waals surface area contributed by atoms with Crippen LogP contribution in [0.5, 0.6) is 0 Å². The second-order valence-electron chi connectivity index (χ2n) is 3.61. The smallest absolute Gasteiger partial charge is 0.339 e. The molecule has 0 saturated carbocycles. The van der Waals surface area contributed by atoms with Gasteiger partial charge in [0.05, 0.1) is 0 Å². The first kappa shape index (κ1) is 11.5. The molecule has 0 bridgehead atoms. The third-order valence-electron chi connectivity index (χ3n) is 2.43. The fourth-order valence-electron chi connectivity index (χ4n) is 1.63. The van der Waals surface area contributed by atoms with Crippen LogP contribution in [0, 0.1) is 6.92 Å². The zero-order chi connectivity index (χ0) is 12.6. The summed E-state index contributed by atoms with van der Waals surface area (Å²) in [5.41, 5.74) is 7.68. The number of nitrogens with zero attached hydrogens (tertiary/aromatic N) is 1. The van der Waals surface area contributed by atoms with Crippen LogP contribution in [0.3, 0.4) is 0 Å². The Morgan fingerprint density at radius 1 is 1.53 bits per heavy atom. The molecular weight excluding hydrogens is 242 g/mol. The van der Waals surface area contributed by atoms with E-state index < -0.39 is 5.97 Å². The molecule has 0 radical (unpaired) electrons. The molecule has 0 aliphatic heterocycles. The number of carboxylic acids is 1. The number of aromatic nitrogens is 2. The molecule has 0 unspecified atom stereocenters. The molecule has 2 rings (SSSR count). The zero-order valence-electron chi connectivity index (χ0n) is 8.99. The number of carbonyl (C=O) groups is 1. The number of carboxylic acid groups (broad SMARTS) is 1. The van der Waals surface area contributed by atoms with Crippen molar-refractivity contribution in [3.05, 3.63) is 34.5 Å². The number of nitrogens with one attached hydrogen (secondary N) is 1. The van der Waals surface area contributed by atoms with Crippen molar-refractivity contribution in [2.24, 2.45) is 0 Å². The van der Waals surface area contributed by atoms with E-state index in [2.05, 4.69) is 10.2 Å². The van der Waals surface area contributed by atoms with Gasteiger partial charge in [-0.3, -0.25) is 5.10 Å². The average Bonchev–Trinajstić information content (AvgIpc) is 2.60. The number of nitrogen functional groups attached to an aromatic ring is 1. The van der Waals surface area contributed by atoms with Crippen molar-refractivity contribution in [2.75, 3.05) is 5.73 Å². The van der Waals surface area contributed by atoms with Crippen LogP contribution in [0.15, 0.2) is 18.2 Å². The monoisotopic (exact) mass is 251 g/mol. The molecule has 17 heavy (non-hydrogen) atoms. The van der Waals surface area contributed by atoms with Crippen LogP contribution in [0.25, 0.3) is 11.3 Å². The van der Waals surface area contributed by atoms with E-state index in [1.165, 1.54) is 0 Å². The molecule has 88 valence electrons. The van der Waals surface area contributed by atoms with E-state index in [1.54, 1.807) is 25.1 Å². The first-order valence-electron chi connectivity index (χ1n) is 4.84. The number of H-pyrrole nitrogens is 1. The number of hydrogen-bond acceptors (Lipinski definition) is 3. The van der Waals surface area contributed by atoms with E-state index in [9.17, 15) is 4.79 Å². The van der Waals surface area contributed by atoms with Gasteiger partial charge in [0, 0.05) is 22.0 Å². The predicted molar refractivity (Wildman–Crippen MR) is 65.1 cm³/mol.